The third-order valence-corrected chi connectivity index (χ3v) is 6.30. The highest BCUT2D eigenvalue weighted by Gasteiger charge is 2.46. The zero-order valence-electron chi connectivity index (χ0n) is 20.2. The smallest absolute Gasteiger partial charge is 0.436 e. The summed E-state index contributed by atoms with van der Waals surface area (Å²) in [6.07, 6.45) is -9.69. The van der Waals surface area contributed by atoms with Crippen LogP contribution >= 0.6 is 0 Å². The van der Waals surface area contributed by atoms with Crippen molar-refractivity contribution in [2.45, 2.75) is 37.9 Å². The summed E-state index contributed by atoms with van der Waals surface area (Å²) in [5.41, 5.74) is -2.76. The number of aliphatic hydroxyl groups is 1. The zero-order valence-corrected chi connectivity index (χ0v) is 20.2. The quantitative estimate of drug-likeness (QED) is 0.366. The van der Waals surface area contributed by atoms with Gasteiger partial charge in [0.2, 0.25) is 0 Å². The maximum atomic E-state index is 14.0. The summed E-state index contributed by atoms with van der Waals surface area (Å²) < 4.78 is 82.4. The fraction of sp³-hybridized carbons (Fsp3) is 0.320. The molecule has 0 spiro atoms. The van der Waals surface area contributed by atoms with Crippen molar-refractivity contribution in [3.05, 3.63) is 82.0 Å². The monoisotopic (exact) mass is 556 g/mol. The summed E-state index contributed by atoms with van der Waals surface area (Å²) in [6, 6.07) is 7.81. The van der Waals surface area contributed by atoms with Gasteiger partial charge >= 0.3 is 18.3 Å². The Labute approximate surface area is 217 Å². The highest BCUT2D eigenvalue weighted by atomic mass is 19.4. The van der Waals surface area contributed by atoms with E-state index in [4.69, 9.17) is 5.11 Å². The first-order valence-electron chi connectivity index (χ1n) is 11.6. The second-order valence-corrected chi connectivity index (χ2v) is 9.03. The summed E-state index contributed by atoms with van der Waals surface area (Å²) >= 11 is 0. The first kappa shape index (κ1) is 28.0. The molecule has 2 heterocycles. The molecule has 0 fully saturated rings. The van der Waals surface area contributed by atoms with Gasteiger partial charge in [-0.1, -0.05) is 24.3 Å². The van der Waals surface area contributed by atoms with E-state index in [0.29, 0.717) is 5.56 Å². The average Bonchev–Trinajstić information content (AvgIpc) is 3.42. The molecule has 0 bridgehead atoms. The Hall–Kier alpha value is -4.07. The molecule has 3 aromatic rings. The van der Waals surface area contributed by atoms with Gasteiger partial charge in [-0.2, -0.15) is 31.4 Å². The van der Waals surface area contributed by atoms with Crippen molar-refractivity contribution in [2.24, 2.45) is 0 Å². The molecule has 1 amide bonds. The van der Waals surface area contributed by atoms with Crippen molar-refractivity contribution in [3.8, 4) is 0 Å². The molecule has 2 atom stereocenters. The second kappa shape index (κ2) is 10.2. The average molecular weight is 556 g/mol. The van der Waals surface area contributed by atoms with Gasteiger partial charge in [-0.15, -0.1) is 0 Å². The number of nitrogens with zero attached hydrogens (tertiary/aromatic N) is 3. The van der Waals surface area contributed by atoms with Gasteiger partial charge in [-0.05, 0) is 42.3 Å². The molecule has 3 N–H and O–H groups in total. The number of fused-ring (bicyclic) bond motifs is 1. The molecule has 2 aromatic carbocycles. The summed E-state index contributed by atoms with van der Waals surface area (Å²) in [5, 5.41) is 24.9. The van der Waals surface area contributed by atoms with E-state index in [-0.39, 0.29) is 30.0 Å². The summed E-state index contributed by atoms with van der Waals surface area (Å²) in [5.74, 6) is -2.61. The van der Waals surface area contributed by atoms with Crippen molar-refractivity contribution in [1.82, 2.24) is 15.1 Å². The number of anilines is 1. The highest BCUT2D eigenvalue weighted by Crippen LogP contribution is 2.41. The van der Waals surface area contributed by atoms with Gasteiger partial charge in [-0.3, -0.25) is 4.79 Å². The van der Waals surface area contributed by atoms with Crippen LogP contribution in [0.2, 0.25) is 0 Å². The molecular formula is C25H22F6N4O4. The van der Waals surface area contributed by atoms with Crippen LogP contribution in [-0.2, 0) is 18.9 Å². The Bertz CT molecular complexity index is 1380. The molecule has 0 saturated heterocycles. The summed E-state index contributed by atoms with van der Waals surface area (Å²) in [7, 11) is 0. The normalized spacial score (nSPS) is 16.2. The van der Waals surface area contributed by atoms with E-state index >= 15 is 0 Å². The van der Waals surface area contributed by atoms with E-state index in [2.05, 4.69) is 10.4 Å². The number of amides is 1. The molecule has 1 aliphatic rings. The van der Waals surface area contributed by atoms with E-state index < -0.39 is 59.7 Å². The van der Waals surface area contributed by atoms with Crippen LogP contribution < -0.4 is 10.2 Å². The van der Waals surface area contributed by atoms with Crippen LogP contribution in [0.25, 0.3) is 0 Å². The number of carbonyl (C=O) groups is 2. The number of aliphatic hydroxyl groups excluding tert-OH is 1. The Morgan fingerprint density at radius 3 is 2.31 bits per heavy atom. The lowest BCUT2D eigenvalue weighted by atomic mass is 10.1. The standard InChI is InChI=1S/C25H22F6N4O4/c1-13(15-5-7-16(8-6-15)23(38)39)32-21(37)19-20(25(29,30)31)33-35-18(12-36)11-34(22(19)35)10-14-3-2-4-17(9-14)24(26,27)28/h2-9,13,18,36H,10-12H2,1H3,(H,32,37)(H,38,39). The molecule has 2 unspecified atom stereocenters. The summed E-state index contributed by atoms with van der Waals surface area (Å²) in [6.45, 7) is 0.482. The van der Waals surface area contributed by atoms with E-state index in [1.54, 1.807) is 0 Å². The van der Waals surface area contributed by atoms with Crippen molar-refractivity contribution >= 4 is 17.7 Å². The van der Waals surface area contributed by atoms with E-state index in [1.807, 2.05) is 0 Å². The maximum absolute atomic E-state index is 14.0. The van der Waals surface area contributed by atoms with Crippen LogP contribution in [0.1, 0.15) is 62.1 Å². The number of aromatic carboxylic acids is 1. The zero-order chi connectivity index (χ0) is 28.7. The number of benzene rings is 2. The fourth-order valence-electron chi connectivity index (χ4n) is 4.42. The van der Waals surface area contributed by atoms with Gasteiger partial charge in [0.1, 0.15) is 11.4 Å². The molecule has 14 heteroatoms. The highest BCUT2D eigenvalue weighted by molar-refractivity contribution is 6.01. The number of hydrogen-bond donors (Lipinski definition) is 3. The molecule has 0 aliphatic carbocycles. The predicted molar refractivity (Wildman–Crippen MR) is 125 cm³/mol. The minimum Gasteiger partial charge on any atom is -0.478 e. The number of carboxylic acids is 1. The van der Waals surface area contributed by atoms with Gasteiger partial charge in [0, 0.05) is 13.1 Å². The Kier molecular flexibility index (Phi) is 7.34. The Morgan fingerprint density at radius 1 is 1.08 bits per heavy atom. The second-order valence-electron chi connectivity index (χ2n) is 9.03. The molecule has 1 aromatic heterocycles. The third-order valence-electron chi connectivity index (χ3n) is 6.30. The largest absolute Gasteiger partial charge is 0.478 e. The van der Waals surface area contributed by atoms with Gasteiger partial charge in [0.05, 0.1) is 29.8 Å². The molecular weight excluding hydrogens is 534 g/mol. The minimum absolute atomic E-state index is 0.0219. The topological polar surface area (TPSA) is 108 Å². The molecule has 0 saturated carbocycles. The minimum atomic E-state index is -5.06. The van der Waals surface area contributed by atoms with Crippen LogP contribution in [0.3, 0.4) is 0 Å². The first-order chi connectivity index (χ1) is 18.2. The van der Waals surface area contributed by atoms with Crippen LogP contribution in [0.4, 0.5) is 32.2 Å². The van der Waals surface area contributed by atoms with Crippen molar-refractivity contribution in [1.29, 1.82) is 0 Å². The number of nitrogens with one attached hydrogen (secondary N) is 1. The van der Waals surface area contributed by atoms with Crippen LogP contribution in [-0.4, -0.2) is 45.0 Å². The van der Waals surface area contributed by atoms with E-state index in [0.717, 1.165) is 16.8 Å². The lowest BCUT2D eigenvalue weighted by molar-refractivity contribution is -0.142. The molecule has 208 valence electrons. The number of carbonyl (C=O) groups excluding carboxylic acids is 1. The lowest BCUT2D eigenvalue weighted by Crippen LogP contribution is -2.31. The SMILES string of the molecule is CC(NC(=O)c1c(C(F)(F)F)nn2c1N(Cc1cccc(C(F)(F)F)c1)CC2CO)c1ccc(C(=O)O)cc1. The van der Waals surface area contributed by atoms with Gasteiger partial charge in [0.15, 0.2) is 5.69 Å². The molecule has 0 radical (unpaired) electrons. The van der Waals surface area contributed by atoms with Crippen LogP contribution in [0, 0.1) is 0 Å². The number of carboxylic acid groups (broad SMARTS) is 1. The lowest BCUT2D eigenvalue weighted by Gasteiger charge is -2.22. The number of alkyl halides is 6. The first-order valence-corrected chi connectivity index (χ1v) is 11.6. The number of rotatable bonds is 7. The Balaban J connectivity index is 1.71. The molecule has 1 aliphatic heterocycles. The van der Waals surface area contributed by atoms with Crippen molar-refractivity contribution < 1.29 is 46.1 Å². The van der Waals surface area contributed by atoms with Crippen molar-refractivity contribution in [2.75, 3.05) is 18.1 Å². The van der Waals surface area contributed by atoms with Crippen molar-refractivity contribution in [3.63, 3.8) is 0 Å². The maximum Gasteiger partial charge on any atom is 0.436 e. The summed E-state index contributed by atoms with van der Waals surface area (Å²) in [4.78, 5) is 25.6. The molecule has 4 rings (SSSR count). The molecule has 39 heavy (non-hydrogen) atoms. The fourth-order valence-corrected chi connectivity index (χ4v) is 4.42. The number of halogens is 6. The van der Waals surface area contributed by atoms with E-state index in [1.165, 1.54) is 48.2 Å². The van der Waals surface area contributed by atoms with Gasteiger partial charge in [-0.25, -0.2) is 9.48 Å². The van der Waals surface area contributed by atoms with Crippen LogP contribution in [0.5, 0.6) is 0 Å². The number of hydrogen-bond acceptors (Lipinski definition) is 5. The predicted octanol–water partition coefficient (Wildman–Crippen LogP) is 4.66. The van der Waals surface area contributed by atoms with Gasteiger partial charge < -0.3 is 20.4 Å². The van der Waals surface area contributed by atoms with Crippen LogP contribution in [0.15, 0.2) is 48.5 Å². The van der Waals surface area contributed by atoms with E-state index in [9.17, 15) is 41.0 Å². The third kappa shape index (κ3) is 5.70. The van der Waals surface area contributed by atoms with Gasteiger partial charge in [0.25, 0.3) is 5.91 Å². The molecule has 8 nitrogen and oxygen atoms in total. The number of aromatic nitrogens is 2. The Morgan fingerprint density at radius 2 is 1.74 bits per heavy atom.